The van der Waals surface area contributed by atoms with Crippen LogP contribution in [0, 0.1) is 11.8 Å². The molecule has 0 aliphatic carbocycles. The van der Waals surface area contributed by atoms with Crippen LogP contribution in [0.3, 0.4) is 0 Å². The van der Waals surface area contributed by atoms with Crippen molar-refractivity contribution in [1.82, 2.24) is 0 Å². The lowest BCUT2D eigenvalue weighted by atomic mass is 9.85. The molecule has 2 aromatic carbocycles. The summed E-state index contributed by atoms with van der Waals surface area (Å²) in [4.78, 5) is 12.4. The Bertz CT molecular complexity index is 847. The highest BCUT2D eigenvalue weighted by molar-refractivity contribution is 5.75. The SMILES string of the molecule is CCOc1cc(C[C@H]2C(=O)OC[C@@H]2Cc2ccc(OCC)c(OC)c2)ccc1O. The van der Waals surface area contributed by atoms with Gasteiger partial charge < -0.3 is 24.1 Å². The Balaban J connectivity index is 1.75. The molecule has 0 saturated carbocycles. The summed E-state index contributed by atoms with van der Waals surface area (Å²) < 4.78 is 21.8. The van der Waals surface area contributed by atoms with Gasteiger partial charge in [-0.05, 0) is 62.1 Å². The Hall–Kier alpha value is -2.89. The summed E-state index contributed by atoms with van der Waals surface area (Å²) in [5.41, 5.74) is 2.00. The smallest absolute Gasteiger partial charge is 0.309 e. The van der Waals surface area contributed by atoms with E-state index in [4.69, 9.17) is 18.9 Å². The number of carbonyl (C=O) groups is 1. The number of hydrogen-bond acceptors (Lipinski definition) is 6. The van der Waals surface area contributed by atoms with E-state index in [1.54, 1.807) is 19.2 Å². The number of phenolic OH excluding ortho intramolecular Hbond substituents is 1. The zero-order valence-electron chi connectivity index (χ0n) is 17.1. The van der Waals surface area contributed by atoms with Gasteiger partial charge in [-0.1, -0.05) is 12.1 Å². The van der Waals surface area contributed by atoms with Gasteiger partial charge in [0.25, 0.3) is 0 Å². The van der Waals surface area contributed by atoms with Crippen LogP contribution in [-0.2, 0) is 22.4 Å². The van der Waals surface area contributed by atoms with Gasteiger partial charge >= 0.3 is 5.97 Å². The van der Waals surface area contributed by atoms with Crippen molar-refractivity contribution < 1.29 is 28.8 Å². The van der Waals surface area contributed by atoms with Crippen LogP contribution in [0.2, 0.25) is 0 Å². The first kappa shape index (κ1) is 20.8. The van der Waals surface area contributed by atoms with E-state index in [-0.39, 0.29) is 23.6 Å². The van der Waals surface area contributed by atoms with Gasteiger partial charge in [-0.15, -0.1) is 0 Å². The molecule has 1 N–H and O–H groups in total. The first-order valence-corrected chi connectivity index (χ1v) is 9.96. The van der Waals surface area contributed by atoms with Crippen molar-refractivity contribution >= 4 is 5.97 Å². The third kappa shape index (κ3) is 4.94. The number of esters is 1. The fraction of sp³-hybridized carbons (Fsp3) is 0.435. The van der Waals surface area contributed by atoms with Gasteiger partial charge in [0.15, 0.2) is 23.0 Å². The minimum Gasteiger partial charge on any atom is -0.504 e. The Kier molecular flexibility index (Phi) is 6.86. The average molecular weight is 400 g/mol. The number of benzene rings is 2. The number of methoxy groups -OCH3 is 1. The topological polar surface area (TPSA) is 74.2 Å². The van der Waals surface area contributed by atoms with Gasteiger partial charge in [-0.25, -0.2) is 0 Å². The van der Waals surface area contributed by atoms with Crippen molar-refractivity contribution in [1.29, 1.82) is 0 Å². The van der Waals surface area contributed by atoms with E-state index >= 15 is 0 Å². The van der Waals surface area contributed by atoms with Crippen molar-refractivity contribution in [2.45, 2.75) is 26.7 Å². The van der Waals surface area contributed by atoms with Gasteiger partial charge in [-0.3, -0.25) is 4.79 Å². The lowest BCUT2D eigenvalue weighted by Gasteiger charge is -2.17. The summed E-state index contributed by atoms with van der Waals surface area (Å²) >= 11 is 0. The summed E-state index contributed by atoms with van der Waals surface area (Å²) in [7, 11) is 1.62. The summed E-state index contributed by atoms with van der Waals surface area (Å²) in [6.07, 6.45) is 1.24. The second kappa shape index (κ2) is 9.54. The van der Waals surface area contributed by atoms with Crippen LogP contribution >= 0.6 is 0 Å². The van der Waals surface area contributed by atoms with Crippen LogP contribution < -0.4 is 14.2 Å². The number of aromatic hydroxyl groups is 1. The fourth-order valence-corrected chi connectivity index (χ4v) is 3.68. The first-order chi connectivity index (χ1) is 14.0. The van der Waals surface area contributed by atoms with Crippen molar-refractivity contribution in [2.24, 2.45) is 11.8 Å². The van der Waals surface area contributed by atoms with Crippen LogP contribution in [-0.4, -0.2) is 38.0 Å². The first-order valence-electron chi connectivity index (χ1n) is 9.96. The standard InChI is InChI=1S/C23H28O6/c1-4-27-20-9-7-15(13-22(20)26-3)10-17-14-29-23(25)18(17)11-16-6-8-19(24)21(12-16)28-5-2/h6-9,12-13,17-18,24H,4-5,10-11,14H2,1-3H3/t17-,18+/m0/s1. The molecule has 1 saturated heterocycles. The molecule has 0 radical (unpaired) electrons. The zero-order chi connectivity index (χ0) is 20.8. The molecule has 1 fully saturated rings. The van der Waals surface area contributed by atoms with Crippen LogP contribution in [0.15, 0.2) is 36.4 Å². The molecule has 0 bridgehead atoms. The predicted molar refractivity (Wildman–Crippen MR) is 109 cm³/mol. The zero-order valence-corrected chi connectivity index (χ0v) is 17.1. The molecule has 0 aromatic heterocycles. The Labute approximate surface area is 171 Å². The summed E-state index contributed by atoms with van der Waals surface area (Å²) in [5, 5.41) is 9.90. The van der Waals surface area contributed by atoms with Gasteiger partial charge in [0.2, 0.25) is 0 Å². The Morgan fingerprint density at radius 1 is 0.966 bits per heavy atom. The Morgan fingerprint density at radius 3 is 2.34 bits per heavy atom. The van der Waals surface area contributed by atoms with Crippen LogP contribution in [0.25, 0.3) is 0 Å². The highest BCUT2D eigenvalue weighted by Crippen LogP contribution is 2.34. The van der Waals surface area contributed by atoms with E-state index in [2.05, 4.69) is 0 Å². The Morgan fingerprint density at radius 2 is 1.62 bits per heavy atom. The monoisotopic (exact) mass is 400 g/mol. The van der Waals surface area contributed by atoms with E-state index in [1.165, 1.54) is 0 Å². The van der Waals surface area contributed by atoms with E-state index < -0.39 is 0 Å². The van der Waals surface area contributed by atoms with Crippen LogP contribution in [0.5, 0.6) is 23.0 Å². The molecular formula is C23H28O6. The molecule has 0 spiro atoms. The third-order valence-corrected chi connectivity index (χ3v) is 5.12. The summed E-state index contributed by atoms with van der Waals surface area (Å²) in [5.74, 6) is 1.57. The molecule has 1 aliphatic rings. The normalized spacial score (nSPS) is 18.4. The summed E-state index contributed by atoms with van der Waals surface area (Å²) in [6, 6.07) is 11.1. The van der Waals surface area contributed by atoms with Crippen molar-refractivity contribution in [3.05, 3.63) is 47.5 Å². The molecule has 6 nitrogen and oxygen atoms in total. The highest BCUT2D eigenvalue weighted by Gasteiger charge is 2.37. The number of hydrogen-bond donors (Lipinski definition) is 1. The van der Waals surface area contributed by atoms with Crippen molar-refractivity contribution in [2.75, 3.05) is 26.9 Å². The highest BCUT2D eigenvalue weighted by atomic mass is 16.5. The van der Waals surface area contributed by atoms with Crippen molar-refractivity contribution in [3.63, 3.8) is 0 Å². The van der Waals surface area contributed by atoms with Gasteiger partial charge in [0, 0.05) is 5.92 Å². The van der Waals surface area contributed by atoms with E-state index in [1.807, 2.05) is 38.1 Å². The minimum atomic E-state index is -0.244. The maximum atomic E-state index is 12.4. The molecule has 1 heterocycles. The maximum absolute atomic E-state index is 12.4. The predicted octanol–water partition coefficient (Wildman–Crippen LogP) is 3.77. The van der Waals surface area contributed by atoms with E-state index in [0.717, 1.165) is 11.1 Å². The molecule has 0 unspecified atom stereocenters. The van der Waals surface area contributed by atoms with Crippen LogP contribution in [0.4, 0.5) is 0 Å². The lowest BCUT2D eigenvalue weighted by Crippen LogP contribution is -2.20. The molecule has 29 heavy (non-hydrogen) atoms. The molecular weight excluding hydrogens is 372 g/mol. The molecule has 156 valence electrons. The molecule has 1 aliphatic heterocycles. The van der Waals surface area contributed by atoms with Gasteiger partial charge in [0.05, 0.1) is 32.8 Å². The molecule has 6 heteroatoms. The van der Waals surface area contributed by atoms with Gasteiger partial charge in [0.1, 0.15) is 0 Å². The van der Waals surface area contributed by atoms with E-state index in [9.17, 15) is 9.90 Å². The number of phenols is 1. The lowest BCUT2D eigenvalue weighted by molar-refractivity contribution is -0.141. The van der Waals surface area contributed by atoms with Crippen molar-refractivity contribution in [3.8, 4) is 23.0 Å². The maximum Gasteiger partial charge on any atom is 0.309 e. The second-order valence-corrected chi connectivity index (χ2v) is 7.06. The average Bonchev–Trinajstić information content (AvgIpc) is 3.05. The third-order valence-electron chi connectivity index (χ3n) is 5.12. The second-order valence-electron chi connectivity index (χ2n) is 7.06. The number of rotatable bonds is 9. The largest absolute Gasteiger partial charge is 0.504 e. The molecule has 2 atom stereocenters. The van der Waals surface area contributed by atoms with E-state index in [0.29, 0.717) is 49.9 Å². The van der Waals surface area contributed by atoms with Gasteiger partial charge in [-0.2, -0.15) is 0 Å². The minimum absolute atomic E-state index is 0.0643. The number of carbonyl (C=O) groups excluding carboxylic acids is 1. The molecule has 0 amide bonds. The number of cyclic esters (lactones) is 1. The van der Waals surface area contributed by atoms with Crippen LogP contribution in [0.1, 0.15) is 25.0 Å². The number of ether oxygens (including phenoxy) is 4. The molecule has 2 aromatic rings. The summed E-state index contributed by atoms with van der Waals surface area (Å²) in [6.45, 7) is 5.22. The quantitative estimate of drug-likeness (QED) is 0.646. The molecule has 3 rings (SSSR count). The fourth-order valence-electron chi connectivity index (χ4n) is 3.68.